The van der Waals surface area contributed by atoms with Gasteiger partial charge in [-0.15, -0.1) is 0 Å². The summed E-state index contributed by atoms with van der Waals surface area (Å²) in [5.74, 6) is 0.707. The number of carbonyl (C=O) groups is 4. The van der Waals surface area contributed by atoms with Gasteiger partial charge in [-0.1, -0.05) is 24.3 Å². The maximum atomic E-state index is 13.7. The van der Waals surface area contributed by atoms with Crippen LogP contribution in [0.25, 0.3) is 44.3 Å². The first-order valence-corrected chi connectivity index (χ1v) is 19.1. The molecule has 2 saturated heterocycles. The fraction of sp³-hybridized carbons (Fsp3) is 0.450. The van der Waals surface area contributed by atoms with Crippen molar-refractivity contribution >= 4 is 45.8 Å². The lowest BCUT2D eigenvalue weighted by Crippen LogP contribution is -2.54. The van der Waals surface area contributed by atoms with Gasteiger partial charge in [-0.25, -0.2) is 19.6 Å². The molecule has 57 heavy (non-hydrogen) atoms. The molecular weight excluding hydrogens is 734 g/mol. The van der Waals surface area contributed by atoms with Gasteiger partial charge in [-0.2, -0.15) is 0 Å². The monoisotopic (exact) mass is 783 g/mol. The molecule has 7 rings (SSSR count). The van der Waals surface area contributed by atoms with Crippen molar-refractivity contribution in [2.75, 3.05) is 34.4 Å². The Morgan fingerprint density at radius 2 is 1.21 bits per heavy atom. The Kier molecular flexibility index (Phi) is 11.2. The molecule has 2 aromatic carbocycles. The van der Waals surface area contributed by atoms with E-state index >= 15 is 0 Å². The molecule has 302 valence electrons. The number of hydrogen-bond acceptors (Lipinski definition) is 9. The summed E-state index contributed by atoms with van der Waals surface area (Å²) in [4.78, 5) is 70.5. The smallest absolute Gasteiger partial charge is 0.407 e. The fourth-order valence-corrected chi connectivity index (χ4v) is 8.18. The van der Waals surface area contributed by atoms with Crippen LogP contribution in [-0.2, 0) is 30.8 Å². The molecule has 5 N–H and O–H groups in total. The van der Waals surface area contributed by atoms with Crippen molar-refractivity contribution in [1.82, 2.24) is 44.9 Å². The van der Waals surface area contributed by atoms with Crippen molar-refractivity contribution in [2.24, 2.45) is 7.05 Å². The van der Waals surface area contributed by atoms with E-state index in [2.05, 4.69) is 60.5 Å². The number of rotatable bonds is 12. The first-order valence-electron chi connectivity index (χ1n) is 19.1. The molecule has 2 fully saturated rings. The Morgan fingerprint density at radius 1 is 0.754 bits per heavy atom. The Balaban J connectivity index is 1.11. The summed E-state index contributed by atoms with van der Waals surface area (Å²) in [7, 11) is 6.22. The molecule has 17 heteroatoms. The predicted octanol–water partition coefficient (Wildman–Crippen LogP) is 4.87. The highest BCUT2D eigenvalue weighted by Gasteiger charge is 2.40. The number of benzene rings is 2. The summed E-state index contributed by atoms with van der Waals surface area (Å²) in [6.07, 6.45) is 3.33. The van der Waals surface area contributed by atoms with E-state index in [1.54, 1.807) is 36.0 Å². The summed E-state index contributed by atoms with van der Waals surface area (Å²) < 4.78 is 17.6. The molecular formula is C40H49N9O8. The normalized spacial score (nSPS) is 19.1. The Labute approximate surface area is 329 Å². The van der Waals surface area contributed by atoms with Gasteiger partial charge >= 0.3 is 12.2 Å². The number of nitrogens with zero attached hydrogens (tertiary/aromatic N) is 5. The number of carboxylic acid groups (broad SMARTS) is 1. The number of carbonyl (C=O) groups excluding carboxylic acids is 3. The van der Waals surface area contributed by atoms with Crippen molar-refractivity contribution in [3.05, 3.63) is 60.4 Å². The van der Waals surface area contributed by atoms with E-state index in [1.807, 2.05) is 13.1 Å². The number of likely N-dealkylation sites (tertiary alicyclic amines) is 2. The topological polar surface area (TPSA) is 209 Å². The molecule has 17 nitrogen and oxygen atoms in total. The van der Waals surface area contributed by atoms with Crippen molar-refractivity contribution in [2.45, 2.75) is 75.9 Å². The van der Waals surface area contributed by atoms with E-state index in [0.29, 0.717) is 31.2 Å². The van der Waals surface area contributed by atoms with Crippen LogP contribution in [-0.4, -0.2) is 122 Å². The standard InChI is InChI=1S/C40H49N9O8/c1-21(55-4)33(45-39(52)53)37(50)48-15-7-9-29(48)35-41-19-27(43-35)23-11-13-25-26-14-12-24(18-32(26)47(3)31(25)17-23)28-20-42-36(44-28)30-10-8-16-49(30)38(51)34(22(2)56-5)46-40(54)57-6/h11-14,17-22,29-30,33-34,45H,7-10,15-16H2,1-6H3,(H,41,43)(H,42,44)(H,46,54)(H,52,53)/t21-,22?,29+,30+,33+,34+/m1/s1. The van der Waals surface area contributed by atoms with Crippen LogP contribution in [0.3, 0.4) is 0 Å². The van der Waals surface area contributed by atoms with Gasteiger partial charge in [0.15, 0.2) is 0 Å². The van der Waals surface area contributed by atoms with Crippen LogP contribution in [0.1, 0.15) is 63.3 Å². The number of nitrogens with one attached hydrogen (secondary N) is 4. The third-order valence-corrected chi connectivity index (χ3v) is 11.5. The third-order valence-electron chi connectivity index (χ3n) is 11.5. The maximum absolute atomic E-state index is 13.7. The first-order chi connectivity index (χ1) is 27.4. The molecule has 2 aliphatic rings. The lowest BCUT2D eigenvalue weighted by Gasteiger charge is -2.30. The van der Waals surface area contributed by atoms with E-state index in [-0.39, 0.29) is 23.9 Å². The minimum absolute atomic E-state index is 0.260. The molecule has 2 aliphatic heterocycles. The number of aromatic amines is 2. The highest BCUT2D eigenvalue weighted by atomic mass is 16.5. The Morgan fingerprint density at radius 3 is 1.63 bits per heavy atom. The quantitative estimate of drug-likeness (QED) is 0.116. The number of aromatic nitrogens is 5. The van der Waals surface area contributed by atoms with Crippen molar-refractivity contribution in [1.29, 1.82) is 0 Å². The lowest BCUT2D eigenvalue weighted by atomic mass is 10.1. The van der Waals surface area contributed by atoms with Gasteiger partial charge in [0.1, 0.15) is 23.7 Å². The zero-order chi connectivity index (χ0) is 40.5. The van der Waals surface area contributed by atoms with Gasteiger partial charge in [-0.3, -0.25) is 9.59 Å². The summed E-state index contributed by atoms with van der Waals surface area (Å²) in [5.41, 5.74) is 5.54. The van der Waals surface area contributed by atoms with Gasteiger partial charge < -0.3 is 54.3 Å². The number of H-pyrrole nitrogens is 2. The summed E-state index contributed by atoms with van der Waals surface area (Å²) in [5, 5.41) is 16.5. The minimum Gasteiger partial charge on any atom is -0.465 e. The SMILES string of the molecule is COC(=O)N[C@H](C(=O)N1CCC[C@H]1c1ncc(-c2ccc3c4ccc(-c5cnc([C@@H]6CCCN6C(=O)[C@@H](NC(=O)O)[C@@H](C)OC)[nH]5)cc4n(C)c3c2)[nH]1)C(C)OC. The van der Waals surface area contributed by atoms with E-state index in [1.165, 1.54) is 21.3 Å². The molecule has 4 amide bonds. The van der Waals surface area contributed by atoms with Crippen LogP contribution in [0.4, 0.5) is 9.59 Å². The van der Waals surface area contributed by atoms with Crippen LogP contribution in [0, 0.1) is 0 Å². The van der Waals surface area contributed by atoms with Crippen LogP contribution in [0.2, 0.25) is 0 Å². The highest BCUT2D eigenvalue weighted by Crippen LogP contribution is 2.37. The number of imidazole rings is 2. The van der Waals surface area contributed by atoms with Crippen molar-refractivity contribution < 1.29 is 38.5 Å². The highest BCUT2D eigenvalue weighted by molar-refractivity contribution is 6.09. The number of aryl methyl sites for hydroxylation is 1. The summed E-state index contributed by atoms with van der Waals surface area (Å²) >= 11 is 0. The van der Waals surface area contributed by atoms with Crippen LogP contribution < -0.4 is 10.6 Å². The fourth-order valence-electron chi connectivity index (χ4n) is 8.18. The second-order valence-electron chi connectivity index (χ2n) is 14.7. The molecule has 3 aromatic heterocycles. The van der Waals surface area contributed by atoms with Gasteiger partial charge in [0.2, 0.25) is 11.8 Å². The molecule has 0 aliphatic carbocycles. The zero-order valence-electron chi connectivity index (χ0n) is 32.9. The molecule has 5 heterocycles. The number of ether oxygens (including phenoxy) is 3. The number of fused-ring (bicyclic) bond motifs is 3. The Bertz CT molecular complexity index is 2300. The molecule has 0 saturated carbocycles. The summed E-state index contributed by atoms with van der Waals surface area (Å²) in [6, 6.07) is 9.97. The van der Waals surface area contributed by atoms with Gasteiger partial charge in [0.25, 0.3) is 0 Å². The van der Waals surface area contributed by atoms with E-state index in [4.69, 9.17) is 19.2 Å². The second-order valence-corrected chi connectivity index (χ2v) is 14.7. The first kappa shape index (κ1) is 39.3. The molecule has 0 spiro atoms. The van der Waals surface area contributed by atoms with E-state index in [9.17, 15) is 24.3 Å². The lowest BCUT2D eigenvalue weighted by molar-refractivity contribution is -0.138. The molecule has 5 aromatic rings. The maximum Gasteiger partial charge on any atom is 0.407 e. The third kappa shape index (κ3) is 7.51. The number of amides is 4. The summed E-state index contributed by atoms with van der Waals surface area (Å²) in [6.45, 7) is 4.41. The van der Waals surface area contributed by atoms with Crippen molar-refractivity contribution in [3.63, 3.8) is 0 Å². The van der Waals surface area contributed by atoms with E-state index < -0.39 is 36.5 Å². The largest absolute Gasteiger partial charge is 0.465 e. The van der Waals surface area contributed by atoms with Crippen molar-refractivity contribution in [3.8, 4) is 22.5 Å². The number of alkyl carbamates (subject to hydrolysis) is 1. The van der Waals surface area contributed by atoms with Gasteiger partial charge in [0, 0.05) is 67.3 Å². The number of hydrogen-bond donors (Lipinski definition) is 5. The average molecular weight is 784 g/mol. The minimum atomic E-state index is -1.29. The van der Waals surface area contributed by atoms with Gasteiger partial charge in [-0.05, 0) is 51.7 Å². The second kappa shape index (κ2) is 16.3. The molecule has 0 radical (unpaired) electrons. The van der Waals surface area contributed by atoms with E-state index in [0.717, 1.165) is 63.6 Å². The molecule has 1 unspecified atom stereocenters. The number of methoxy groups -OCH3 is 3. The zero-order valence-corrected chi connectivity index (χ0v) is 32.9. The predicted molar refractivity (Wildman–Crippen MR) is 210 cm³/mol. The molecule has 0 bridgehead atoms. The Hall–Kier alpha value is -5.94. The van der Waals surface area contributed by atoms with Crippen LogP contribution in [0.15, 0.2) is 48.8 Å². The molecule has 6 atom stereocenters. The average Bonchev–Trinajstić information content (AvgIpc) is 4.08. The van der Waals surface area contributed by atoms with Gasteiger partial charge in [0.05, 0.1) is 55.2 Å². The van der Waals surface area contributed by atoms with Crippen LogP contribution >= 0.6 is 0 Å². The van der Waals surface area contributed by atoms with Crippen LogP contribution in [0.5, 0.6) is 0 Å².